The van der Waals surface area contributed by atoms with E-state index in [1.165, 1.54) is 12.1 Å². The molecule has 0 saturated carbocycles. The Morgan fingerprint density at radius 2 is 1.36 bits per heavy atom. The molecule has 0 unspecified atom stereocenters. The van der Waals surface area contributed by atoms with Crippen LogP contribution in [-0.4, -0.2) is 56.0 Å². The summed E-state index contributed by atoms with van der Waals surface area (Å²) in [5.74, 6) is -1.56. The number of hydrogen-bond acceptors (Lipinski definition) is 6. The second-order valence-corrected chi connectivity index (χ2v) is 5.76. The summed E-state index contributed by atoms with van der Waals surface area (Å²) < 4.78 is 0. The van der Waals surface area contributed by atoms with Crippen molar-refractivity contribution in [3.8, 4) is 0 Å². The molecule has 1 fully saturated rings. The Morgan fingerprint density at radius 3 is 1.84 bits per heavy atom. The maximum Gasteiger partial charge on any atom is 0.269 e. The van der Waals surface area contributed by atoms with Gasteiger partial charge in [-0.25, -0.2) is 0 Å². The molecule has 0 aliphatic carbocycles. The number of nitro groups is 1. The molecule has 25 heavy (non-hydrogen) atoms. The molecule has 2 amide bonds. The van der Waals surface area contributed by atoms with Gasteiger partial charge >= 0.3 is 0 Å². The van der Waals surface area contributed by atoms with Gasteiger partial charge in [0.05, 0.1) is 4.92 Å². The quantitative estimate of drug-likeness (QED) is 0.321. The van der Waals surface area contributed by atoms with Crippen molar-refractivity contribution in [3.05, 3.63) is 39.9 Å². The van der Waals surface area contributed by atoms with Crippen molar-refractivity contribution >= 4 is 17.5 Å². The van der Waals surface area contributed by atoms with Gasteiger partial charge in [-0.2, -0.15) is 0 Å². The number of non-ortho nitro benzene ring substituents is 1. The lowest BCUT2D eigenvalue weighted by Gasteiger charge is -2.16. The van der Waals surface area contributed by atoms with E-state index in [2.05, 4.69) is 21.3 Å². The molecule has 136 valence electrons. The lowest BCUT2D eigenvalue weighted by molar-refractivity contribution is -0.384. The average molecular weight is 349 g/mol. The summed E-state index contributed by atoms with van der Waals surface area (Å²) in [6.45, 7) is 3.69. The summed E-state index contributed by atoms with van der Waals surface area (Å²) in [6.07, 6.45) is 0.191. The molecule has 1 aliphatic rings. The highest BCUT2D eigenvalue weighted by Gasteiger charge is 2.26. The fourth-order valence-corrected chi connectivity index (χ4v) is 2.52. The van der Waals surface area contributed by atoms with Gasteiger partial charge in [-0.3, -0.25) is 19.7 Å². The van der Waals surface area contributed by atoms with Crippen LogP contribution in [0.1, 0.15) is 5.56 Å². The monoisotopic (exact) mass is 349 g/mol. The van der Waals surface area contributed by atoms with E-state index in [-0.39, 0.29) is 23.9 Å². The normalized spacial score (nSPS) is 18.2. The number of rotatable bonds is 3. The largest absolute Gasteiger partial charge is 0.354 e. The van der Waals surface area contributed by atoms with Crippen LogP contribution < -0.4 is 21.3 Å². The third-order valence-corrected chi connectivity index (χ3v) is 3.90. The van der Waals surface area contributed by atoms with Gasteiger partial charge in [0.2, 0.25) is 11.8 Å². The van der Waals surface area contributed by atoms with Crippen LogP contribution >= 0.6 is 0 Å². The second-order valence-electron chi connectivity index (χ2n) is 5.76. The zero-order valence-electron chi connectivity index (χ0n) is 13.9. The molecule has 0 atom stereocenters. The Hall–Kier alpha value is -2.52. The number of hydrogen-bond donors (Lipinski definition) is 4. The fourth-order valence-electron chi connectivity index (χ4n) is 2.52. The van der Waals surface area contributed by atoms with E-state index in [1.807, 2.05) is 0 Å². The van der Waals surface area contributed by atoms with Crippen LogP contribution in [0.2, 0.25) is 0 Å². The Bertz CT molecular complexity index is 581. The van der Waals surface area contributed by atoms with E-state index in [0.29, 0.717) is 31.7 Å². The van der Waals surface area contributed by atoms with E-state index in [4.69, 9.17) is 0 Å². The van der Waals surface area contributed by atoms with Gasteiger partial charge in [0.25, 0.3) is 5.69 Å². The second kappa shape index (κ2) is 9.70. The smallest absolute Gasteiger partial charge is 0.269 e. The molecule has 0 aromatic heterocycles. The van der Waals surface area contributed by atoms with Crippen molar-refractivity contribution in [1.82, 2.24) is 21.3 Å². The number of nitrogens with zero attached hydrogens (tertiary/aromatic N) is 1. The van der Waals surface area contributed by atoms with Crippen molar-refractivity contribution in [2.24, 2.45) is 5.92 Å². The minimum absolute atomic E-state index is 0.0234. The van der Waals surface area contributed by atoms with Gasteiger partial charge in [-0.1, -0.05) is 12.1 Å². The minimum atomic E-state index is -0.873. The molecule has 1 aromatic rings. The summed E-state index contributed by atoms with van der Waals surface area (Å²) in [5, 5.41) is 22.6. The molecule has 0 bridgehead atoms. The van der Waals surface area contributed by atoms with E-state index < -0.39 is 10.8 Å². The first kappa shape index (κ1) is 18.8. The van der Waals surface area contributed by atoms with Gasteiger partial charge in [0.15, 0.2) is 0 Å². The lowest BCUT2D eigenvalue weighted by Crippen LogP contribution is -2.44. The molecule has 9 heteroatoms. The van der Waals surface area contributed by atoms with Crippen LogP contribution in [0.5, 0.6) is 0 Å². The van der Waals surface area contributed by atoms with Gasteiger partial charge in [-0.05, 0) is 12.0 Å². The van der Waals surface area contributed by atoms with Crippen LogP contribution in [0.4, 0.5) is 5.69 Å². The Morgan fingerprint density at radius 1 is 0.880 bits per heavy atom. The highest BCUT2D eigenvalue weighted by Crippen LogP contribution is 2.15. The molecule has 1 heterocycles. The van der Waals surface area contributed by atoms with E-state index in [0.717, 1.165) is 13.1 Å². The van der Waals surface area contributed by atoms with E-state index >= 15 is 0 Å². The lowest BCUT2D eigenvalue weighted by atomic mass is 9.97. The number of carbonyl (C=O) groups excluding carboxylic acids is 2. The molecule has 1 saturated heterocycles. The molecule has 1 aromatic carbocycles. The highest BCUT2D eigenvalue weighted by molar-refractivity contribution is 6.00. The fraction of sp³-hybridized carbons (Fsp3) is 0.500. The van der Waals surface area contributed by atoms with Crippen LogP contribution in [0, 0.1) is 16.0 Å². The topological polar surface area (TPSA) is 125 Å². The summed E-state index contributed by atoms with van der Waals surface area (Å²) in [4.78, 5) is 35.0. The van der Waals surface area contributed by atoms with Crippen molar-refractivity contribution < 1.29 is 14.5 Å². The number of benzene rings is 1. The maximum atomic E-state index is 12.4. The molecule has 1 aliphatic heterocycles. The third-order valence-electron chi connectivity index (χ3n) is 3.90. The summed E-state index contributed by atoms with van der Waals surface area (Å²) >= 11 is 0. The first-order chi connectivity index (χ1) is 12.1. The van der Waals surface area contributed by atoms with Gasteiger partial charge in [0, 0.05) is 51.4 Å². The van der Waals surface area contributed by atoms with Crippen molar-refractivity contribution in [3.63, 3.8) is 0 Å². The predicted octanol–water partition coefficient (Wildman–Crippen LogP) is -0.821. The zero-order chi connectivity index (χ0) is 18.1. The highest BCUT2D eigenvalue weighted by atomic mass is 16.6. The molecular weight excluding hydrogens is 326 g/mol. The first-order valence-corrected chi connectivity index (χ1v) is 8.28. The SMILES string of the molecule is O=C1NCCNCCNCCNC(=O)C1Cc1ccc([N+](=O)[O-])cc1. The Balaban J connectivity index is 2.06. The van der Waals surface area contributed by atoms with Crippen molar-refractivity contribution in [2.75, 3.05) is 39.3 Å². The number of nitro benzene ring substituents is 1. The molecule has 2 rings (SSSR count). The first-order valence-electron chi connectivity index (χ1n) is 8.28. The van der Waals surface area contributed by atoms with Crippen LogP contribution in [0.15, 0.2) is 24.3 Å². The zero-order valence-corrected chi connectivity index (χ0v) is 13.9. The van der Waals surface area contributed by atoms with Crippen LogP contribution in [-0.2, 0) is 16.0 Å². The van der Waals surface area contributed by atoms with Crippen LogP contribution in [0.25, 0.3) is 0 Å². The van der Waals surface area contributed by atoms with Crippen molar-refractivity contribution in [1.29, 1.82) is 0 Å². The number of carbonyl (C=O) groups is 2. The van der Waals surface area contributed by atoms with Gasteiger partial charge in [-0.15, -0.1) is 0 Å². The number of nitrogens with one attached hydrogen (secondary N) is 4. The van der Waals surface area contributed by atoms with Gasteiger partial charge < -0.3 is 21.3 Å². The minimum Gasteiger partial charge on any atom is -0.354 e. The van der Waals surface area contributed by atoms with Gasteiger partial charge in [0.1, 0.15) is 5.92 Å². The molecule has 0 radical (unpaired) electrons. The summed E-state index contributed by atoms with van der Waals surface area (Å²) in [6, 6.07) is 5.89. The third kappa shape index (κ3) is 6.12. The molecule has 0 spiro atoms. The average Bonchev–Trinajstić information content (AvgIpc) is 2.61. The van der Waals surface area contributed by atoms with Crippen LogP contribution in [0.3, 0.4) is 0 Å². The standard InChI is InChI=1S/C16H23N5O4/c22-15-14(11-12-1-3-13(4-2-12)21(24)25)16(23)20-10-8-18-6-5-17-7-9-19-15/h1-4,14,17-18H,5-11H2,(H,19,22)(H,20,23). The Labute approximate surface area is 145 Å². The molecular formula is C16H23N5O4. The summed E-state index contributed by atoms with van der Waals surface area (Å²) in [7, 11) is 0. The number of amides is 2. The molecule has 9 nitrogen and oxygen atoms in total. The maximum absolute atomic E-state index is 12.4. The van der Waals surface area contributed by atoms with Crippen molar-refractivity contribution in [2.45, 2.75) is 6.42 Å². The predicted molar refractivity (Wildman–Crippen MR) is 92.0 cm³/mol. The summed E-state index contributed by atoms with van der Waals surface area (Å²) in [5.41, 5.74) is 0.672. The van der Waals surface area contributed by atoms with E-state index in [1.54, 1.807) is 12.1 Å². The van der Waals surface area contributed by atoms with E-state index in [9.17, 15) is 19.7 Å². The Kier molecular flexibility index (Phi) is 7.30. The molecule has 4 N–H and O–H groups in total.